The minimum absolute atomic E-state index is 0.0246. The topological polar surface area (TPSA) is 87.7 Å². The van der Waals surface area contributed by atoms with Crippen LogP contribution in [0.3, 0.4) is 0 Å². The summed E-state index contributed by atoms with van der Waals surface area (Å²) < 4.78 is 19.0. The zero-order valence-corrected chi connectivity index (χ0v) is 15.9. The minimum Gasteiger partial charge on any atom is -0.444 e. The second-order valence-electron chi connectivity index (χ2n) is 7.51. The van der Waals surface area contributed by atoms with Gasteiger partial charge in [-0.2, -0.15) is 0 Å². The molecule has 0 spiro atoms. The SMILES string of the molecule is CC(C)(C)OC(=O)N1CCCCC1CC(=O)NNC(=O)c1ccccc1F. The number of benzene rings is 1. The summed E-state index contributed by atoms with van der Waals surface area (Å²) in [5.41, 5.74) is 3.70. The van der Waals surface area contributed by atoms with Gasteiger partial charge in [-0.1, -0.05) is 12.1 Å². The molecule has 0 radical (unpaired) electrons. The average molecular weight is 379 g/mol. The summed E-state index contributed by atoms with van der Waals surface area (Å²) in [5, 5.41) is 0. The molecule has 2 rings (SSSR count). The van der Waals surface area contributed by atoms with E-state index < -0.39 is 29.3 Å². The Kier molecular flexibility index (Phi) is 6.76. The summed E-state index contributed by atoms with van der Waals surface area (Å²) in [6.45, 7) is 5.88. The van der Waals surface area contributed by atoms with Crippen molar-refractivity contribution >= 4 is 17.9 Å². The van der Waals surface area contributed by atoms with Gasteiger partial charge in [0.25, 0.3) is 5.91 Å². The molecule has 1 heterocycles. The average Bonchev–Trinajstić information content (AvgIpc) is 2.59. The predicted molar refractivity (Wildman–Crippen MR) is 97.2 cm³/mol. The van der Waals surface area contributed by atoms with E-state index >= 15 is 0 Å². The molecular formula is C19H26FN3O4. The van der Waals surface area contributed by atoms with Crippen LogP contribution in [0.25, 0.3) is 0 Å². The van der Waals surface area contributed by atoms with Crippen molar-refractivity contribution in [1.82, 2.24) is 15.8 Å². The predicted octanol–water partition coefficient (Wildman–Crippen LogP) is 2.77. The highest BCUT2D eigenvalue weighted by Crippen LogP contribution is 2.22. The molecule has 27 heavy (non-hydrogen) atoms. The smallest absolute Gasteiger partial charge is 0.410 e. The van der Waals surface area contributed by atoms with Gasteiger partial charge >= 0.3 is 6.09 Å². The van der Waals surface area contributed by atoms with Gasteiger partial charge in [0.05, 0.1) is 5.56 Å². The summed E-state index contributed by atoms with van der Waals surface area (Å²) in [6, 6.07) is 5.18. The molecule has 1 unspecified atom stereocenters. The van der Waals surface area contributed by atoms with Crippen LogP contribution in [0, 0.1) is 5.82 Å². The van der Waals surface area contributed by atoms with Gasteiger partial charge in [-0.25, -0.2) is 9.18 Å². The lowest BCUT2D eigenvalue weighted by molar-refractivity contribution is -0.123. The number of hydrazine groups is 1. The summed E-state index contributed by atoms with van der Waals surface area (Å²) >= 11 is 0. The number of ether oxygens (including phenoxy) is 1. The number of carbonyl (C=O) groups excluding carboxylic acids is 3. The Morgan fingerprint density at radius 2 is 1.89 bits per heavy atom. The van der Waals surface area contributed by atoms with Crippen LogP contribution in [-0.2, 0) is 9.53 Å². The first-order valence-electron chi connectivity index (χ1n) is 9.01. The number of hydrogen-bond donors (Lipinski definition) is 2. The number of rotatable bonds is 3. The third-order valence-corrected chi connectivity index (χ3v) is 4.11. The Morgan fingerprint density at radius 1 is 1.19 bits per heavy atom. The second kappa shape index (κ2) is 8.83. The van der Waals surface area contributed by atoms with E-state index in [9.17, 15) is 18.8 Å². The maximum absolute atomic E-state index is 13.6. The van der Waals surface area contributed by atoms with E-state index in [2.05, 4.69) is 10.9 Å². The van der Waals surface area contributed by atoms with E-state index in [4.69, 9.17) is 4.74 Å². The van der Waals surface area contributed by atoms with Crippen LogP contribution >= 0.6 is 0 Å². The van der Waals surface area contributed by atoms with Gasteiger partial charge in [-0.05, 0) is 52.2 Å². The molecule has 0 bridgehead atoms. The molecule has 1 aromatic carbocycles. The van der Waals surface area contributed by atoms with E-state index in [0.29, 0.717) is 13.0 Å². The lowest BCUT2D eigenvalue weighted by Crippen LogP contribution is -2.49. The van der Waals surface area contributed by atoms with Crippen LogP contribution in [0.4, 0.5) is 9.18 Å². The first-order chi connectivity index (χ1) is 12.7. The van der Waals surface area contributed by atoms with Crippen LogP contribution < -0.4 is 10.9 Å². The molecule has 0 aliphatic carbocycles. The van der Waals surface area contributed by atoms with Crippen LogP contribution in [0.1, 0.15) is 56.8 Å². The lowest BCUT2D eigenvalue weighted by atomic mass is 9.99. The number of amides is 3. The number of piperidine rings is 1. The van der Waals surface area contributed by atoms with Gasteiger partial charge in [-0.3, -0.25) is 20.4 Å². The highest BCUT2D eigenvalue weighted by atomic mass is 19.1. The second-order valence-corrected chi connectivity index (χ2v) is 7.51. The van der Waals surface area contributed by atoms with Crippen LogP contribution in [0.15, 0.2) is 24.3 Å². The van der Waals surface area contributed by atoms with Crippen molar-refractivity contribution in [2.45, 2.75) is 58.1 Å². The summed E-state index contributed by atoms with van der Waals surface area (Å²) in [6.07, 6.45) is 2.00. The zero-order valence-electron chi connectivity index (χ0n) is 15.9. The first-order valence-corrected chi connectivity index (χ1v) is 9.01. The molecule has 0 aromatic heterocycles. The molecule has 1 aliphatic heterocycles. The van der Waals surface area contributed by atoms with E-state index in [0.717, 1.165) is 18.9 Å². The molecule has 2 N–H and O–H groups in total. The Labute approximate surface area is 158 Å². The van der Waals surface area contributed by atoms with E-state index in [-0.39, 0.29) is 18.0 Å². The standard InChI is InChI=1S/C19H26FN3O4/c1-19(2,3)27-18(26)23-11-7-6-8-13(23)12-16(24)21-22-17(25)14-9-4-5-10-15(14)20/h4-5,9-10,13H,6-8,11-12H2,1-3H3,(H,21,24)(H,22,25). The molecule has 7 nitrogen and oxygen atoms in total. The van der Waals surface area contributed by atoms with Crippen molar-refractivity contribution in [2.75, 3.05) is 6.54 Å². The largest absolute Gasteiger partial charge is 0.444 e. The molecule has 8 heteroatoms. The molecule has 148 valence electrons. The fourth-order valence-electron chi connectivity index (χ4n) is 2.88. The number of halogens is 1. The van der Waals surface area contributed by atoms with Crippen molar-refractivity contribution < 1.29 is 23.5 Å². The van der Waals surface area contributed by atoms with Gasteiger partial charge in [0.1, 0.15) is 11.4 Å². The molecule has 1 aromatic rings. The molecular weight excluding hydrogens is 353 g/mol. The summed E-state index contributed by atoms with van der Waals surface area (Å²) in [4.78, 5) is 38.0. The number of carbonyl (C=O) groups is 3. The number of hydrogen-bond acceptors (Lipinski definition) is 4. The molecule has 1 aliphatic rings. The molecule has 0 saturated carbocycles. The van der Waals surface area contributed by atoms with Crippen LogP contribution in [0.5, 0.6) is 0 Å². The van der Waals surface area contributed by atoms with Crippen molar-refractivity contribution in [3.05, 3.63) is 35.6 Å². The highest BCUT2D eigenvalue weighted by Gasteiger charge is 2.31. The molecule has 1 saturated heterocycles. The third kappa shape index (κ3) is 6.23. The van der Waals surface area contributed by atoms with Gasteiger partial charge in [0.2, 0.25) is 5.91 Å². The Balaban J connectivity index is 1.90. The van der Waals surface area contributed by atoms with Crippen molar-refractivity contribution in [3.63, 3.8) is 0 Å². The maximum atomic E-state index is 13.6. The number of nitrogens with zero attached hydrogens (tertiary/aromatic N) is 1. The number of nitrogens with one attached hydrogen (secondary N) is 2. The summed E-state index contributed by atoms with van der Waals surface area (Å²) in [7, 11) is 0. The highest BCUT2D eigenvalue weighted by molar-refractivity contribution is 5.95. The fourth-order valence-corrected chi connectivity index (χ4v) is 2.88. The Hall–Kier alpha value is -2.64. The quantitative estimate of drug-likeness (QED) is 0.791. The zero-order chi connectivity index (χ0) is 20.0. The van der Waals surface area contributed by atoms with E-state index in [1.165, 1.54) is 18.2 Å². The van der Waals surface area contributed by atoms with Gasteiger partial charge < -0.3 is 9.64 Å². The van der Waals surface area contributed by atoms with Crippen molar-refractivity contribution in [1.29, 1.82) is 0 Å². The molecule has 1 fully saturated rings. The van der Waals surface area contributed by atoms with Gasteiger partial charge in [0.15, 0.2) is 0 Å². The Morgan fingerprint density at radius 3 is 2.56 bits per heavy atom. The van der Waals surface area contributed by atoms with Crippen LogP contribution in [0.2, 0.25) is 0 Å². The third-order valence-electron chi connectivity index (χ3n) is 4.11. The Bertz CT molecular complexity index is 702. The van der Waals surface area contributed by atoms with Crippen molar-refractivity contribution in [2.24, 2.45) is 0 Å². The van der Waals surface area contributed by atoms with E-state index in [1.807, 2.05) is 0 Å². The van der Waals surface area contributed by atoms with Crippen molar-refractivity contribution in [3.8, 4) is 0 Å². The van der Waals surface area contributed by atoms with Gasteiger partial charge in [0, 0.05) is 19.0 Å². The van der Waals surface area contributed by atoms with Crippen LogP contribution in [-0.4, -0.2) is 41.0 Å². The lowest BCUT2D eigenvalue weighted by Gasteiger charge is -2.36. The molecule has 3 amide bonds. The number of likely N-dealkylation sites (tertiary alicyclic amines) is 1. The fraction of sp³-hybridized carbons (Fsp3) is 0.526. The summed E-state index contributed by atoms with van der Waals surface area (Å²) in [5.74, 6) is -1.87. The monoisotopic (exact) mass is 379 g/mol. The molecule has 1 atom stereocenters. The first kappa shape index (κ1) is 20.7. The van der Waals surface area contributed by atoms with E-state index in [1.54, 1.807) is 25.7 Å². The maximum Gasteiger partial charge on any atom is 0.410 e. The minimum atomic E-state index is -0.742. The van der Waals surface area contributed by atoms with Gasteiger partial charge in [-0.15, -0.1) is 0 Å². The normalized spacial score (nSPS) is 17.2.